The van der Waals surface area contributed by atoms with Crippen LogP contribution in [-0.4, -0.2) is 40.7 Å². The van der Waals surface area contributed by atoms with Gasteiger partial charge in [-0.2, -0.15) is 0 Å². The molecule has 0 aliphatic carbocycles. The van der Waals surface area contributed by atoms with Crippen molar-refractivity contribution in [3.8, 4) is 0 Å². The van der Waals surface area contributed by atoms with Gasteiger partial charge in [-0.05, 0) is 31.5 Å². The predicted octanol–water partition coefficient (Wildman–Crippen LogP) is 0.848. The van der Waals surface area contributed by atoms with Gasteiger partial charge in [0.05, 0.1) is 0 Å². The quantitative estimate of drug-likeness (QED) is 0.648. The van der Waals surface area contributed by atoms with E-state index in [0.717, 1.165) is 5.56 Å². The van der Waals surface area contributed by atoms with Crippen LogP contribution < -0.4 is 5.73 Å². The Labute approximate surface area is 113 Å². The fourth-order valence-electron chi connectivity index (χ4n) is 2.25. The first-order valence-corrected chi connectivity index (χ1v) is 6.43. The highest BCUT2D eigenvalue weighted by atomic mass is 16.2. The first kappa shape index (κ1) is 13.4. The molecular formula is C14H19N3O2. The first-order valence-electron chi connectivity index (χ1n) is 6.43. The lowest BCUT2D eigenvalue weighted by molar-refractivity contribution is -0.157. The van der Waals surface area contributed by atoms with E-state index in [1.54, 1.807) is 15.9 Å². The Morgan fingerprint density at radius 2 is 1.95 bits per heavy atom. The molecule has 19 heavy (non-hydrogen) atoms. The lowest BCUT2D eigenvalue weighted by atomic mass is 10.1. The largest absolute Gasteiger partial charge is 0.399 e. The van der Waals surface area contributed by atoms with Gasteiger partial charge < -0.3 is 15.5 Å². The van der Waals surface area contributed by atoms with Crippen molar-refractivity contribution in [3.63, 3.8) is 0 Å². The lowest BCUT2D eigenvalue weighted by Crippen LogP contribution is -2.55. The van der Waals surface area contributed by atoms with Gasteiger partial charge in [0.1, 0.15) is 0 Å². The molecule has 102 valence electrons. The number of carbonyl (C=O) groups excluding carboxylic acids is 2. The summed E-state index contributed by atoms with van der Waals surface area (Å²) in [5, 5.41) is 0. The Bertz CT molecular complexity index is 499. The molecule has 2 rings (SSSR count). The summed E-state index contributed by atoms with van der Waals surface area (Å²) in [6, 6.07) is 7.44. The Hall–Kier alpha value is -2.04. The highest BCUT2D eigenvalue weighted by molar-refractivity contribution is 6.35. The molecule has 0 aromatic heterocycles. The number of carbonyl (C=O) groups is 2. The van der Waals surface area contributed by atoms with Crippen molar-refractivity contribution in [3.05, 3.63) is 29.8 Å². The third-order valence-corrected chi connectivity index (χ3v) is 3.29. The predicted molar refractivity (Wildman–Crippen MR) is 73.1 cm³/mol. The van der Waals surface area contributed by atoms with Gasteiger partial charge in [0.15, 0.2) is 0 Å². The van der Waals surface area contributed by atoms with Crippen molar-refractivity contribution in [2.75, 3.05) is 18.8 Å². The molecular weight excluding hydrogens is 242 g/mol. The molecule has 0 unspecified atom stereocenters. The zero-order valence-electron chi connectivity index (χ0n) is 11.3. The molecule has 1 aliphatic rings. The van der Waals surface area contributed by atoms with E-state index >= 15 is 0 Å². The fourth-order valence-corrected chi connectivity index (χ4v) is 2.25. The minimum Gasteiger partial charge on any atom is -0.399 e. The van der Waals surface area contributed by atoms with Crippen molar-refractivity contribution in [1.82, 2.24) is 9.80 Å². The molecule has 5 heteroatoms. The van der Waals surface area contributed by atoms with E-state index in [4.69, 9.17) is 5.73 Å². The van der Waals surface area contributed by atoms with E-state index in [-0.39, 0.29) is 6.04 Å². The zero-order valence-corrected chi connectivity index (χ0v) is 11.3. The van der Waals surface area contributed by atoms with Crippen LogP contribution in [0.25, 0.3) is 0 Å². The van der Waals surface area contributed by atoms with Gasteiger partial charge in [0, 0.05) is 31.4 Å². The number of rotatable bonds is 3. The molecule has 0 bridgehead atoms. The molecule has 0 saturated carbocycles. The summed E-state index contributed by atoms with van der Waals surface area (Å²) in [4.78, 5) is 27.2. The smallest absolute Gasteiger partial charge is 0.312 e. The normalized spacial score (nSPS) is 16.4. The van der Waals surface area contributed by atoms with Crippen LogP contribution in [0, 0.1) is 0 Å². The highest BCUT2D eigenvalue weighted by Crippen LogP contribution is 2.14. The maximum Gasteiger partial charge on any atom is 0.312 e. The van der Waals surface area contributed by atoms with Crippen LogP contribution >= 0.6 is 0 Å². The molecule has 5 nitrogen and oxygen atoms in total. The van der Waals surface area contributed by atoms with Crippen LogP contribution in [0.1, 0.15) is 19.4 Å². The molecule has 1 heterocycles. The summed E-state index contributed by atoms with van der Waals surface area (Å²) in [6.07, 6.45) is 0. The van der Waals surface area contributed by atoms with Gasteiger partial charge in [-0.3, -0.25) is 9.59 Å². The third kappa shape index (κ3) is 2.86. The number of nitrogen functional groups attached to an aromatic ring is 1. The van der Waals surface area contributed by atoms with Crippen LogP contribution in [0.5, 0.6) is 0 Å². The lowest BCUT2D eigenvalue weighted by Gasteiger charge is -2.36. The second-order valence-corrected chi connectivity index (χ2v) is 5.06. The summed E-state index contributed by atoms with van der Waals surface area (Å²) in [5.41, 5.74) is 7.32. The van der Waals surface area contributed by atoms with E-state index in [1.165, 1.54) is 0 Å². The summed E-state index contributed by atoms with van der Waals surface area (Å²) in [6.45, 7) is 5.42. The van der Waals surface area contributed by atoms with Gasteiger partial charge in [-0.25, -0.2) is 0 Å². The SMILES string of the molecule is CC(C)N1CCN(Cc2cccc(N)c2)C(=O)C1=O. The number of nitrogens with two attached hydrogens (primary N) is 1. The standard InChI is InChI=1S/C14H19N3O2/c1-10(2)17-7-6-16(13(18)14(17)19)9-11-4-3-5-12(15)8-11/h3-5,8,10H,6-7,9,15H2,1-2H3. The second kappa shape index (κ2) is 5.30. The molecule has 0 spiro atoms. The summed E-state index contributed by atoms with van der Waals surface area (Å²) in [7, 11) is 0. The van der Waals surface area contributed by atoms with E-state index < -0.39 is 11.8 Å². The molecule has 1 saturated heterocycles. The molecule has 1 aromatic carbocycles. The van der Waals surface area contributed by atoms with Crippen LogP contribution in [-0.2, 0) is 16.1 Å². The number of anilines is 1. The van der Waals surface area contributed by atoms with Crippen molar-refractivity contribution in [2.24, 2.45) is 0 Å². The van der Waals surface area contributed by atoms with Crippen molar-refractivity contribution >= 4 is 17.5 Å². The van der Waals surface area contributed by atoms with E-state index in [1.807, 2.05) is 32.0 Å². The Kier molecular flexibility index (Phi) is 3.74. The Balaban J connectivity index is 2.07. The molecule has 2 amide bonds. The van der Waals surface area contributed by atoms with Crippen LogP contribution in [0.15, 0.2) is 24.3 Å². The van der Waals surface area contributed by atoms with Gasteiger partial charge in [0.25, 0.3) is 0 Å². The maximum atomic E-state index is 12.0. The highest BCUT2D eigenvalue weighted by Gasteiger charge is 2.33. The number of nitrogens with zero attached hydrogens (tertiary/aromatic N) is 2. The molecule has 1 fully saturated rings. The summed E-state index contributed by atoms with van der Waals surface area (Å²) < 4.78 is 0. The summed E-state index contributed by atoms with van der Waals surface area (Å²) >= 11 is 0. The number of hydrogen-bond acceptors (Lipinski definition) is 3. The van der Waals surface area contributed by atoms with Gasteiger partial charge in [0.2, 0.25) is 0 Å². The minimum atomic E-state index is -0.428. The number of hydrogen-bond donors (Lipinski definition) is 1. The maximum absolute atomic E-state index is 12.0. The monoisotopic (exact) mass is 261 g/mol. The van der Waals surface area contributed by atoms with E-state index in [2.05, 4.69) is 0 Å². The number of amides is 2. The molecule has 2 N–H and O–H groups in total. The average Bonchev–Trinajstić information content (AvgIpc) is 2.35. The van der Waals surface area contributed by atoms with Gasteiger partial charge >= 0.3 is 11.8 Å². The molecule has 0 radical (unpaired) electrons. The van der Waals surface area contributed by atoms with E-state index in [0.29, 0.717) is 25.3 Å². The van der Waals surface area contributed by atoms with Crippen LogP contribution in [0.4, 0.5) is 5.69 Å². The Morgan fingerprint density at radius 3 is 2.58 bits per heavy atom. The minimum absolute atomic E-state index is 0.0611. The third-order valence-electron chi connectivity index (χ3n) is 3.29. The number of benzene rings is 1. The van der Waals surface area contributed by atoms with Crippen molar-refractivity contribution < 1.29 is 9.59 Å². The Morgan fingerprint density at radius 1 is 1.21 bits per heavy atom. The van der Waals surface area contributed by atoms with Gasteiger partial charge in [-0.1, -0.05) is 12.1 Å². The van der Waals surface area contributed by atoms with Crippen LogP contribution in [0.3, 0.4) is 0 Å². The molecule has 0 atom stereocenters. The molecule has 1 aromatic rings. The fraction of sp³-hybridized carbons (Fsp3) is 0.429. The molecule has 1 aliphatic heterocycles. The van der Waals surface area contributed by atoms with Crippen molar-refractivity contribution in [1.29, 1.82) is 0 Å². The number of piperazine rings is 1. The van der Waals surface area contributed by atoms with Crippen molar-refractivity contribution in [2.45, 2.75) is 26.4 Å². The summed E-state index contributed by atoms with van der Waals surface area (Å²) in [5.74, 6) is -0.840. The second-order valence-electron chi connectivity index (χ2n) is 5.06. The van der Waals surface area contributed by atoms with Crippen LogP contribution in [0.2, 0.25) is 0 Å². The first-order chi connectivity index (χ1) is 8.99. The van der Waals surface area contributed by atoms with Gasteiger partial charge in [-0.15, -0.1) is 0 Å². The topological polar surface area (TPSA) is 66.6 Å². The average molecular weight is 261 g/mol. The van der Waals surface area contributed by atoms with E-state index in [9.17, 15) is 9.59 Å². The zero-order chi connectivity index (χ0) is 14.0.